The Morgan fingerprint density at radius 3 is 2.65 bits per heavy atom. The van der Waals surface area contributed by atoms with Crippen molar-refractivity contribution in [3.8, 4) is 0 Å². The number of hydrogen-bond donors (Lipinski definition) is 0. The van der Waals surface area contributed by atoms with E-state index in [1.165, 1.54) is 4.88 Å². The van der Waals surface area contributed by atoms with Crippen LogP contribution < -0.4 is 2.89 Å². The van der Waals surface area contributed by atoms with Crippen molar-refractivity contribution in [3.05, 3.63) is 17.0 Å². The average molecular weight is 404 g/mol. The summed E-state index contributed by atoms with van der Waals surface area (Å²) in [6, 6.07) is 4.38. The van der Waals surface area contributed by atoms with E-state index in [1.54, 1.807) is 2.89 Å². The fourth-order valence-electron chi connectivity index (χ4n) is 2.00. The van der Waals surface area contributed by atoms with Gasteiger partial charge in [-0.1, -0.05) is 0 Å². The van der Waals surface area contributed by atoms with Crippen LogP contribution in [0.3, 0.4) is 0 Å². The van der Waals surface area contributed by atoms with Gasteiger partial charge in [-0.15, -0.1) is 0 Å². The second-order valence-corrected chi connectivity index (χ2v) is 22.6. The first-order valence-corrected chi connectivity index (χ1v) is 17.8. The average Bonchev–Trinajstić information content (AvgIpc) is 2.88. The Bertz CT molecular complexity index is 450. The fraction of sp³-hybridized carbons (Fsp3) is 0.643. The van der Waals surface area contributed by atoms with Crippen LogP contribution in [-0.4, -0.2) is 62.1 Å². The van der Waals surface area contributed by atoms with E-state index in [-0.39, 0.29) is 12.5 Å². The normalized spacial score (nSPS) is 16.4. The van der Waals surface area contributed by atoms with Crippen LogP contribution >= 0.6 is 11.3 Å². The minimum atomic E-state index is -1.94. The molecule has 6 heteroatoms. The minimum absolute atomic E-state index is 0.0695. The van der Waals surface area contributed by atoms with E-state index in [2.05, 4.69) is 27.0 Å². The van der Waals surface area contributed by atoms with Gasteiger partial charge in [0.2, 0.25) is 0 Å². The summed E-state index contributed by atoms with van der Waals surface area (Å²) in [5, 5.41) is 0. The zero-order valence-corrected chi connectivity index (χ0v) is 16.1. The van der Waals surface area contributed by atoms with E-state index >= 15 is 0 Å². The van der Waals surface area contributed by atoms with Crippen LogP contribution in [0.4, 0.5) is 0 Å². The molecule has 0 aliphatic carbocycles. The van der Waals surface area contributed by atoms with Gasteiger partial charge in [-0.25, -0.2) is 0 Å². The number of morpholine rings is 1. The predicted octanol–water partition coefficient (Wildman–Crippen LogP) is 1.67. The number of amides is 1. The summed E-state index contributed by atoms with van der Waals surface area (Å²) in [5.41, 5.74) is 0. The Morgan fingerprint density at radius 2 is 2.05 bits per heavy atom. The quantitative estimate of drug-likeness (QED) is 0.702. The molecule has 0 spiro atoms. The molecule has 1 aliphatic rings. The third kappa shape index (κ3) is 4.72. The molecule has 1 aromatic heterocycles. The van der Waals surface area contributed by atoms with Gasteiger partial charge in [-0.05, 0) is 0 Å². The zero-order chi connectivity index (χ0) is 14.6. The van der Waals surface area contributed by atoms with Gasteiger partial charge >= 0.3 is 129 Å². The third-order valence-corrected chi connectivity index (χ3v) is 13.8. The van der Waals surface area contributed by atoms with Crippen molar-refractivity contribution in [3.63, 3.8) is 0 Å². The predicted molar refractivity (Wildman–Crippen MR) is 84.4 cm³/mol. The van der Waals surface area contributed by atoms with E-state index < -0.39 is 18.4 Å². The van der Waals surface area contributed by atoms with Crippen molar-refractivity contribution in [2.24, 2.45) is 0 Å². The molecule has 1 saturated heterocycles. The van der Waals surface area contributed by atoms with Crippen molar-refractivity contribution in [1.82, 2.24) is 4.90 Å². The number of carbonyl (C=O) groups is 1. The first-order chi connectivity index (χ1) is 9.47. The molecular formula is C14H23NO3SSn. The first-order valence-electron chi connectivity index (χ1n) is 6.99. The Morgan fingerprint density at radius 1 is 1.35 bits per heavy atom. The molecule has 112 valence electrons. The molecular weight excluding hydrogens is 381 g/mol. The fourth-order valence-corrected chi connectivity index (χ4v) is 8.41. The second-order valence-electron chi connectivity index (χ2n) is 6.00. The van der Waals surface area contributed by atoms with E-state index in [0.29, 0.717) is 32.9 Å². The van der Waals surface area contributed by atoms with Gasteiger partial charge in [0.25, 0.3) is 0 Å². The summed E-state index contributed by atoms with van der Waals surface area (Å²) in [7, 11) is 0. The summed E-state index contributed by atoms with van der Waals surface area (Å²) in [6.45, 7) is 3.36. The summed E-state index contributed by atoms with van der Waals surface area (Å²) >= 11 is -0.0925. The molecule has 2 rings (SSSR count). The van der Waals surface area contributed by atoms with Crippen LogP contribution in [-0.2, 0) is 20.9 Å². The maximum atomic E-state index is 11.9. The first kappa shape index (κ1) is 16.3. The molecule has 0 saturated carbocycles. The van der Waals surface area contributed by atoms with Crippen LogP contribution in [0.2, 0.25) is 14.8 Å². The van der Waals surface area contributed by atoms with E-state index in [1.807, 2.05) is 16.2 Å². The zero-order valence-electron chi connectivity index (χ0n) is 12.5. The number of hydrogen-bond acceptors (Lipinski definition) is 4. The maximum absolute atomic E-state index is 11.9. The summed E-state index contributed by atoms with van der Waals surface area (Å²) in [6.07, 6.45) is 0. The van der Waals surface area contributed by atoms with Gasteiger partial charge in [0.1, 0.15) is 0 Å². The second kappa shape index (κ2) is 7.24. The number of rotatable bonds is 5. The molecule has 20 heavy (non-hydrogen) atoms. The Labute approximate surface area is 128 Å². The molecule has 0 atom stereocenters. The number of carbonyl (C=O) groups excluding carboxylic acids is 1. The van der Waals surface area contributed by atoms with Crippen LogP contribution in [0.5, 0.6) is 0 Å². The Balaban J connectivity index is 1.75. The third-order valence-electron chi connectivity index (χ3n) is 3.23. The molecule has 1 fully saturated rings. The van der Waals surface area contributed by atoms with Gasteiger partial charge in [0.05, 0.1) is 0 Å². The Kier molecular flexibility index (Phi) is 5.89. The van der Waals surface area contributed by atoms with E-state index in [0.717, 1.165) is 0 Å². The standard InChI is InChI=1S/C11H14NO3S.3CH3.Sn/c13-11(12-3-5-14-6-4-12)9-15-8-10-2-1-7-16-10;;;;/h1-2H,3-6,8-9H2;3*1H3;. The van der Waals surface area contributed by atoms with Crippen molar-refractivity contribution in [1.29, 1.82) is 0 Å². The van der Waals surface area contributed by atoms with Gasteiger partial charge in [0, 0.05) is 0 Å². The van der Waals surface area contributed by atoms with Crippen molar-refractivity contribution in [2.45, 2.75) is 21.4 Å². The summed E-state index contributed by atoms with van der Waals surface area (Å²) in [5.74, 6) is 0.0695. The molecule has 2 heterocycles. The van der Waals surface area contributed by atoms with Crippen LogP contribution in [0.1, 0.15) is 4.88 Å². The van der Waals surface area contributed by atoms with Gasteiger partial charge in [0.15, 0.2) is 0 Å². The molecule has 0 unspecified atom stereocenters. The number of nitrogens with zero attached hydrogens (tertiary/aromatic N) is 1. The molecule has 0 aromatic carbocycles. The summed E-state index contributed by atoms with van der Waals surface area (Å²) in [4.78, 5) is 22.2. The van der Waals surface area contributed by atoms with Crippen LogP contribution in [0.25, 0.3) is 0 Å². The van der Waals surface area contributed by atoms with Crippen molar-refractivity contribution < 1.29 is 14.3 Å². The molecule has 1 amide bonds. The SMILES string of the molecule is [CH3][Sn]([CH3])([CH3])[c]1ccc(COCC(=O)N2CCOCC2)s1. The molecule has 0 N–H and O–H groups in total. The number of thiophene rings is 1. The van der Waals surface area contributed by atoms with Crippen LogP contribution in [0, 0.1) is 0 Å². The topological polar surface area (TPSA) is 38.8 Å². The molecule has 0 radical (unpaired) electrons. The molecule has 4 nitrogen and oxygen atoms in total. The summed E-state index contributed by atoms with van der Waals surface area (Å²) < 4.78 is 12.3. The Hall–Kier alpha value is -0.111. The van der Waals surface area contributed by atoms with Gasteiger partial charge in [-0.2, -0.15) is 0 Å². The monoisotopic (exact) mass is 405 g/mol. The van der Waals surface area contributed by atoms with Crippen molar-refractivity contribution >= 4 is 38.5 Å². The molecule has 1 aromatic rings. The van der Waals surface area contributed by atoms with Gasteiger partial charge in [-0.3, -0.25) is 0 Å². The van der Waals surface area contributed by atoms with Gasteiger partial charge < -0.3 is 0 Å². The number of ether oxygens (including phenoxy) is 2. The molecule has 1 aliphatic heterocycles. The molecule has 0 bridgehead atoms. The van der Waals surface area contributed by atoms with E-state index in [9.17, 15) is 4.79 Å². The van der Waals surface area contributed by atoms with Crippen LogP contribution in [0.15, 0.2) is 12.1 Å². The van der Waals surface area contributed by atoms with E-state index in [4.69, 9.17) is 9.47 Å². The van der Waals surface area contributed by atoms with Crippen molar-refractivity contribution in [2.75, 3.05) is 32.9 Å².